The number of hydrogen-bond acceptors (Lipinski definition) is 7. The van der Waals surface area contributed by atoms with Gasteiger partial charge in [-0.3, -0.25) is 9.59 Å². The van der Waals surface area contributed by atoms with Crippen molar-refractivity contribution in [1.82, 2.24) is 0 Å². The highest BCUT2D eigenvalue weighted by Crippen LogP contribution is 2.17. The molecule has 0 bridgehead atoms. The first-order chi connectivity index (χ1) is 26.8. The van der Waals surface area contributed by atoms with Gasteiger partial charge in [0.1, 0.15) is 6.61 Å². The molecule has 0 aliphatic heterocycles. The van der Waals surface area contributed by atoms with Gasteiger partial charge >= 0.3 is 11.9 Å². The minimum absolute atomic E-state index is 0.0684. The van der Waals surface area contributed by atoms with Crippen LogP contribution in [0.2, 0.25) is 0 Å². The molecule has 3 N–H and O–H groups in total. The van der Waals surface area contributed by atoms with Crippen LogP contribution in [0.25, 0.3) is 0 Å². The lowest BCUT2D eigenvalue weighted by Gasteiger charge is -2.17. The number of aliphatic hydroxyl groups is 3. The molecule has 0 rings (SSSR count). The Labute approximate surface area is 338 Å². The summed E-state index contributed by atoms with van der Waals surface area (Å²) in [6, 6.07) is 0. The van der Waals surface area contributed by atoms with Gasteiger partial charge in [0, 0.05) is 12.8 Å². The topological polar surface area (TPSA) is 113 Å². The van der Waals surface area contributed by atoms with E-state index < -0.39 is 30.9 Å². The van der Waals surface area contributed by atoms with Crippen molar-refractivity contribution in [2.45, 2.75) is 225 Å². The number of rotatable bonds is 40. The van der Waals surface area contributed by atoms with E-state index in [9.17, 15) is 24.9 Å². The average Bonchev–Trinajstić information content (AvgIpc) is 3.18. The first-order valence-corrected chi connectivity index (χ1v) is 22.8. The fourth-order valence-corrected chi connectivity index (χ4v) is 6.44. The highest BCUT2D eigenvalue weighted by Gasteiger charge is 2.18. The Morgan fingerprint density at radius 2 is 0.964 bits per heavy atom. The van der Waals surface area contributed by atoms with Gasteiger partial charge in [-0.05, 0) is 57.3 Å². The van der Waals surface area contributed by atoms with Gasteiger partial charge in [0.05, 0.1) is 18.8 Å². The second kappa shape index (κ2) is 41.4. The molecule has 320 valence electrons. The van der Waals surface area contributed by atoms with E-state index in [1.807, 2.05) is 12.2 Å². The van der Waals surface area contributed by atoms with E-state index >= 15 is 0 Å². The molecular weight excluding hydrogens is 689 g/mol. The fraction of sp³-hybridized carbons (Fsp3) is 0.792. The molecule has 4 atom stereocenters. The molecule has 7 nitrogen and oxygen atoms in total. The van der Waals surface area contributed by atoms with Crippen LogP contribution in [-0.4, -0.2) is 58.8 Å². The molecule has 0 fully saturated rings. The Morgan fingerprint density at radius 1 is 0.527 bits per heavy atom. The van der Waals surface area contributed by atoms with Gasteiger partial charge in [0.2, 0.25) is 0 Å². The van der Waals surface area contributed by atoms with E-state index in [-0.39, 0.29) is 25.4 Å². The first-order valence-electron chi connectivity index (χ1n) is 22.8. The second-order valence-corrected chi connectivity index (χ2v) is 15.7. The minimum atomic E-state index is -0.936. The highest BCUT2D eigenvalue weighted by molar-refractivity contribution is 5.70. The SMILES string of the molecule is CC/C=C\C/C=C\C/C=C\C/C=C\C[C@H](O)[C@@H](O)CCCC(=O)OC[C@H](CO)OC(=O)CCCCCCCCCCCCCCCCCCCCC(C)CC. The van der Waals surface area contributed by atoms with Crippen LogP contribution in [0.15, 0.2) is 48.6 Å². The van der Waals surface area contributed by atoms with Crippen LogP contribution in [0.4, 0.5) is 0 Å². The Balaban J connectivity index is 3.70. The van der Waals surface area contributed by atoms with Crippen molar-refractivity contribution < 1.29 is 34.4 Å². The van der Waals surface area contributed by atoms with Crippen molar-refractivity contribution in [2.75, 3.05) is 13.2 Å². The second-order valence-electron chi connectivity index (χ2n) is 15.7. The number of carbonyl (C=O) groups is 2. The molecule has 7 heteroatoms. The molecule has 0 spiro atoms. The van der Waals surface area contributed by atoms with Gasteiger partial charge in [-0.2, -0.15) is 0 Å². The summed E-state index contributed by atoms with van der Waals surface area (Å²) in [4.78, 5) is 24.4. The van der Waals surface area contributed by atoms with Gasteiger partial charge in [-0.1, -0.05) is 191 Å². The lowest BCUT2D eigenvalue weighted by atomic mass is 9.99. The summed E-state index contributed by atoms with van der Waals surface area (Å²) in [6.45, 7) is 6.18. The van der Waals surface area contributed by atoms with Gasteiger partial charge in [0.15, 0.2) is 6.10 Å². The van der Waals surface area contributed by atoms with Gasteiger partial charge in [-0.25, -0.2) is 0 Å². The molecule has 0 aliphatic carbocycles. The van der Waals surface area contributed by atoms with Crippen molar-refractivity contribution in [3.63, 3.8) is 0 Å². The van der Waals surface area contributed by atoms with Crippen molar-refractivity contribution in [1.29, 1.82) is 0 Å². The molecule has 0 radical (unpaired) electrons. The summed E-state index contributed by atoms with van der Waals surface area (Å²) in [5, 5.41) is 30.1. The Hall–Kier alpha value is -2.22. The molecule has 1 unspecified atom stereocenters. The molecule has 0 amide bonds. The molecule has 55 heavy (non-hydrogen) atoms. The quantitative estimate of drug-likeness (QED) is 0.0323. The average molecular weight is 775 g/mol. The molecule has 0 heterocycles. The Bertz CT molecular complexity index is 971. The Morgan fingerprint density at radius 3 is 1.44 bits per heavy atom. The standard InChI is InChI=1S/C48H86O7/c1-4-6-7-8-9-10-11-21-24-27-30-33-37-45(50)46(51)38-35-40-47(52)54-42-44(41-49)55-48(53)39-34-31-28-25-22-19-17-15-13-12-14-16-18-20-23-26-29-32-36-43(3)5-2/h6-7,9-10,21,24,30,33,43-46,49-51H,4-5,8,11-20,22-23,25-29,31-32,34-42H2,1-3H3/b7-6-,10-9-,24-21-,33-30-/t43?,44-,45-,46-/m0/s1. The van der Waals surface area contributed by atoms with Crippen LogP contribution < -0.4 is 0 Å². The lowest BCUT2D eigenvalue weighted by Crippen LogP contribution is -2.28. The fourth-order valence-electron chi connectivity index (χ4n) is 6.44. The van der Waals surface area contributed by atoms with Gasteiger partial charge in [0.25, 0.3) is 0 Å². The lowest BCUT2D eigenvalue weighted by molar-refractivity contribution is -0.161. The summed E-state index contributed by atoms with van der Waals surface area (Å²) in [5.74, 6) is 0.0305. The third-order valence-electron chi connectivity index (χ3n) is 10.4. The molecule has 0 aromatic heterocycles. The van der Waals surface area contributed by atoms with Crippen LogP contribution in [0.3, 0.4) is 0 Å². The maximum atomic E-state index is 12.2. The number of esters is 2. The molecule has 0 saturated carbocycles. The van der Waals surface area contributed by atoms with Crippen LogP contribution in [0, 0.1) is 5.92 Å². The maximum absolute atomic E-state index is 12.2. The summed E-state index contributed by atoms with van der Waals surface area (Å²) < 4.78 is 10.5. The highest BCUT2D eigenvalue weighted by atomic mass is 16.6. The Kier molecular flexibility index (Phi) is 39.7. The van der Waals surface area contributed by atoms with Crippen LogP contribution in [0.5, 0.6) is 0 Å². The number of allylic oxidation sites excluding steroid dienone is 7. The molecular formula is C48H86O7. The number of unbranched alkanes of at least 4 members (excludes halogenated alkanes) is 17. The smallest absolute Gasteiger partial charge is 0.306 e. The first kappa shape index (κ1) is 52.8. The van der Waals surface area contributed by atoms with Crippen molar-refractivity contribution in [2.24, 2.45) is 5.92 Å². The zero-order valence-corrected chi connectivity index (χ0v) is 35.8. The number of aliphatic hydroxyl groups excluding tert-OH is 3. The molecule has 0 aromatic rings. The van der Waals surface area contributed by atoms with Crippen LogP contribution in [-0.2, 0) is 19.1 Å². The van der Waals surface area contributed by atoms with E-state index in [0.29, 0.717) is 19.3 Å². The van der Waals surface area contributed by atoms with Crippen molar-refractivity contribution >= 4 is 11.9 Å². The molecule has 0 aliphatic rings. The minimum Gasteiger partial charge on any atom is -0.462 e. The normalized spacial score (nSPS) is 14.4. The number of ether oxygens (including phenoxy) is 2. The van der Waals surface area contributed by atoms with Gasteiger partial charge < -0.3 is 24.8 Å². The van der Waals surface area contributed by atoms with E-state index in [0.717, 1.165) is 50.9 Å². The summed E-state index contributed by atoms with van der Waals surface area (Å²) in [7, 11) is 0. The summed E-state index contributed by atoms with van der Waals surface area (Å²) >= 11 is 0. The summed E-state index contributed by atoms with van der Waals surface area (Å²) in [6.07, 6.45) is 45.0. The van der Waals surface area contributed by atoms with E-state index in [1.165, 1.54) is 109 Å². The van der Waals surface area contributed by atoms with Crippen molar-refractivity contribution in [3.8, 4) is 0 Å². The molecule has 0 saturated heterocycles. The van der Waals surface area contributed by atoms with Crippen LogP contribution in [0.1, 0.15) is 207 Å². The zero-order chi connectivity index (χ0) is 40.5. The number of carbonyl (C=O) groups excluding carboxylic acids is 2. The summed E-state index contributed by atoms with van der Waals surface area (Å²) in [5.41, 5.74) is 0. The third kappa shape index (κ3) is 38.4. The van der Waals surface area contributed by atoms with E-state index in [1.54, 1.807) is 0 Å². The largest absolute Gasteiger partial charge is 0.462 e. The third-order valence-corrected chi connectivity index (χ3v) is 10.4. The van der Waals surface area contributed by atoms with E-state index in [4.69, 9.17) is 9.47 Å². The van der Waals surface area contributed by atoms with Crippen molar-refractivity contribution in [3.05, 3.63) is 48.6 Å². The van der Waals surface area contributed by atoms with E-state index in [2.05, 4.69) is 57.2 Å². The van der Waals surface area contributed by atoms with Gasteiger partial charge in [-0.15, -0.1) is 0 Å². The molecule has 0 aromatic carbocycles. The zero-order valence-electron chi connectivity index (χ0n) is 35.8. The maximum Gasteiger partial charge on any atom is 0.306 e. The van der Waals surface area contributed by atoms with Crippen LogP contribution >= 0.6 is 0 Å². The predicted molar refractivity (Wildman–Crippen MR) is 231 cm³/mol. The number of hydrogen-bond donors (Lipinski definition) is 3. The monoisotopic (exact) mass is 775 g/mol. The predicted octanol–water partition coefficient (Wildman–Crippen LogP) is 12.4.